The van der Waals surface area contributed by atoms with Crippen LogP contribution in [0, 0.1) is 13.8 Å². The van der Waals surface area contributed by atoms with Gasteiger partial charge in [0.1, 0.15) is 17.3 Å². The Morgan fingerprint density at radius 1 is 1.25 bits per heavy atom. The Morgan fingerprint density at radius 2 is 2.00 bits per heavy atom. The van der Waals surface area contributed by atoms with Crippen molar-refractivity contribution >= 4 is 5.69 Å². The fourth-order valence-corrected chi connectivity index (χ4v) is 2.32. The lowest BCUT2D eigenvalue weighted by Crippen LogP contribution is -2.08. The van der Waals surface area contributed by atoms with E-state index in [-0.39, 0.29) is 6.04 Å². The van der Waals surface area contributed by atoms with Crippen molar-refractivity contribution in [3.8, 4) is 5.75 Å². The second-order valence-corrected chi connectivity index (χ2v) is 5.08. The molecule has 0 aliphatic heterocycles. The Labute approximate surface area is 121 Å². The van der Waals surface area contributed by atoms with Crippen molar-refractivity contribution in [3.63, 3.8) is 0 Å². The largest absolute Gasteiger partial charge is 0.491 e. The molecule has 0 spiro atoms. The van der Waals surface area contributed by atoms with Gasteiger partial charge < -0.3 is 14.5 Å². The van der Waals surface area contributed by atoms with Gasteiger partial charge in [0.05, 0.1) is 18.3 Å². The van der Waals surface area contributed by atoms with Crippen LogP contribution in [0.15, 0.2) is 34.7 Å². The van der Waals surface area contributed by atoms with Gasteiger partial charge in [-0.15, -0.1) is 0 Å². The van der Waals surface area contributed by atoms with Crippen LogP contribution in [-0.4, -0.2) is 6.61 Å². The lowest BCUT2D eigenvalue weighted by atomic mass is 10.1. The zero-order valence-corrected chi connectivity index (χ0v) is 12.7. The summed E-state index contributed by atoms with van der Waals surface area (Å²) in [5.74, 6) is 2.81. The molecule has 1 aromatic carbocycles. The van der Waals surface area contributed by atoms with Crippen molar-refractivity contribution in [1.82, 2.24) is 0 Å². The number of para-hydroxylation sites is 2. The van der Waals surface area contributed by atoms with E-state index in [0.717, 1.165) is 36.0 Å². The average Bonchev–Trinajstić information content (AvgIpc) is 2.77. The molecule has 20 heavy (non-hydrogen) atoms. The maximum atomic E-state index is 5.77. The van der Waals surface area contributed by atoms with Gasteiger partial charge in [-0.2, -0.15) is 0 Å². The number of hydrogen-bond donors (Lipinski definition) is 1. The summed E-state index contributed by atoms with van der Waals surface area (Å²) >= 11 is 0. The van der Waals surface area contributed by atoms with Gasteiger partial charge in [-0.25, -0.2) is 0 Å². The number of furan rings is 1. The van der Waals surface area contributed by atoms with Crippen molar-refractivity contribution < 1.29 is 9.15 Å². The summed E-state index contributed by atoms with van der Waals surface area (Å²) in [6.45, 7) is 8.95. The van der Waals surface area contributed by atoms with E-state index in [2.05, 4.69) is 25.2 Å². The monoisotopic (exact) mass is 273 g/mol. The molecule has 0 aliphatic rings. The molecule has 3 nitrogen and oxygen atoms in total. The highest BCUT2D eigenvalue weighted by atomic mass is 16.5. The minimum atomic E-state index is 0.179. The molecule has 2 aromatic rings. The van der Waals surface area contributed by atoms with Crippen molar-refractivity contribution in [2.45, 2.75) is 40.2 Å². The number of aryl methyl sites for hydroxylation is 2. The summed E-state index contributed by atoms with van der Waals surface area (Å²) in [5, 5.41) is 3.50. The standard InChI is InChI=1S/C17H23NO2/c1-5-10-19-17-9-7-6-8-16(17)18-13(3)15-11-12(2)20-14(15)4/h6-9,11,13,18H,5,10H2,1-4H3. The molecule has 2 rings (SSSR count). The van der Waals surface area contributed by atoms with Crippen LogP contribution in [0.1, 0.15) is 43.4 Å². The van der Waals surface area contributed by atoms with Crippen LogP contribution >= 0.6 is 0 Å². The highest BCUT2D eigenvalue weighted by Gasteiger charge is 2.14. The third kappa shape index (κ3) is 3.35. The second kappa shape index (κ2) is 6.51. The van der Waals surface area contributed by atoms with Gasteiger partial charge in [-0.3, -0.25) is 0 Å². The minimum absolute atomic E-state index is 0.179. The third-order valence-electron chi connectivity index (χ3n) is 3.27. The van der Waals surface area contributed by atoms with Gasteiger partial charge in [-0.05, 0) is 45.4 Å². The van der Waals surface area contributed by atoms with E-state index in [4.69, 9.17) is 9.15 Å². The fraction of sp³-hybridized carbons (Fsp3) is 0.412. The van der Waals surface area contributed by atoms with Crippen LogP contribution in [0.25, 0.3) is 0 Å². The van der Waals surface area contributed by atoms with E-state index in [1.165, 1.54) is 5.56 Å². The normalized spacial score (nSPS) is 12.2. The number of hydrogen-bond acceptors (Lipinski definition) is 3. The number of benzene rings is 1. The minimum Gasteiger partial charge on any atom is -0.491 e. The first-order valence-corrected chi connectivity index (χ1v) is 7.17. The molecule has 3 heteroatoms. The summed E-state index contributed by atoms with van der Waals surface area (Å²) in [6.07, 6.45) is 1.00. The lowest BCUT2D eigenvalue weighted by molar-refractivity contribution is 0.318. The summed E-state index contributed by atoms with van der Waals surface area (Å²) in [4.78, 5) is 0. The Hall–Kier alpha value is -1.90. The van der Waals surface area contributed by atoms with E-state index in [1.807, 2.05) is 38.1 Å². The van der Waals surface area contributed by atoms with Crippen molar-refractivity contribution in [3.05, 3.63) is 47.4 Å². The zero-order valence-electron chi connectivity index (χ0n) is 12.7. The third-order valence-corrected chi connectivity index (χ3v) is 3.27. The maximum absolute atomic E-state index is 5.77. The lowest BCUT2D eigenvalue weighted by Gasteiger charge is -2.18. The molecule has 0 bridgehead atoms. The molecule has 1 unspecified atom stereocenters. The van der Waals surface area contributed by atoms with Crippen LogP contribution in [0.4, 0.5) is 5.69 Å². The number of ether oxygens (including phenoxy) is 1. The van der Waals surface area contributed by atoms with Gasteiger partial charge in [0.15, 0.2) is 0 Å². The Morgan fingerprint density at radius 3 is 2.65 bits per heavy atom. The molecule has 1 heterocycles. The van der Waals surface area contributed by atoms with Crippen LogP contribution in [0.3, 0.4) is 0 Å². The average molecular weight is 273 g/mol. The van der Waals surface area contributed by atoms with Gasteiger partial charge in [0.2, 0.25) is 0 Å². The fourth-order valence-electron chi connectivity index (χ4n) is 2.32. The molecule has 0 amide bonds. The van der Waals surface area contributed by atoms with E-state index in [9.17, 15) is 0 Å². The van der Waals surface area contributed by atoms with Crippen molar-refractivity contribution in [2.75, 3.05) is 11.9 Å². The SMILES string of the molecule is CCCOc1ccccc1NC(C)c1cc(C)oc1C. The Bertz CT molecular complexity index is 560. The molecular formula is C17H23NO2. The summed E-state index contributed by atoms with van der Waals surface area (Å²) < 4.78 is 11.4. The van der Waals surface area contributed by atoms with Crippen molar-refractivity contribution in [1.29, 1.82) is 0 Å². The summed E-state index contributed by atoms with van der Waals surface area (Å²) in [7, 11) is 0. The predicted octanol–water partition coefficient (Wildman–Crippen LogP) is 4.86. The Balaban J connectivity index is 2.15. The molecule has 1 atom stereocenters. The summed E-state index contributed by atoms with van der Waals surface area (Å²) in [6, 6.07) is 10.3. The van der Waals surface area contributed by atoms with Crippen LogP contribution in [0.2, 0.25) is 0 Å². The first-order chi connectivity index (χ1) is 9.61. The first-order valence-electron chi connectivity index (χ1n) is 7.17. The van der Waals surface area contributed by atoms with Gasteiger partial charge in [0.25, 0.3) is 0 Å². The van der Waals surface area contributed by atoms with Crippen LogP contribution in [-0.2, 0) is 0 Å². The van der Waals surface area contributed by atoms with E-state index in [1.54, 1.807) is 0 Å². The number of nitrogens with one attached hydrogen (secondary N) is 1. The Kier molecular flexibility index (Phi) is 4.72. The van der Waals surface area contributed by atoms with Crippen LogP contribution in [0.5, 0.6) is 5.75 Å². The first kappa shape index (κ1) is 14.5. The maximum Gasteiger partial charge on any atom is 0.142 e. The highest BCUT2D eigenvalue weighted by Crippen LogP contribution is 2.30. The molecule has 1 aromatic heterocycles. The second-order valence-electron chi connectivity index (χ2n) is 5.08. The van der Waals surface area contributed by atoms with Gasteiger partial charge in [-0.1, -0.05) is 19.1 Å². The van der Waals surface area contributed by atoms with Crippen molar-refractivity contribution in [2.24, 2.45) is 0 Å². The molecule has 0 fully saturated rings. The highest BCUT2D eigenvalue weighted by molar-refractivity contribution is 5.57. The number of anilines is 1. The zero-order chi connectivity index (χ0) is 14.5. The molecule has 0 radical (unpaired) electrons. The summed E-state index contributed by atoms with van der Waals surface area (Å²) in [5.41, 5.74) is 2.21. The molecule has 0 saturated carbocycles. The quantitative estimate of drug-likeness (QED) is 0.816. The van der Waals surface area contributed by atoms with Gasteiger partial charge >= 0.3 is 0 Å². The van der Waals surface area contributed by atoms with Gasteiger partial charge in [0, 0.05) is 5.56 Å². The van der Waals surface area contributed by atoms with E-state index < -0.39 is 0 Å². The molecule has 1 N–H and O–H groups in total. The number of rotatable bonds is 6. The van der Waals surface area contributed by atoms with E-state index >= 15 is 0 Å². The molecular weight excluding hydrogens is 250 g/mol. The topological polar surface area (TPSA) is 34.4 Å². The van der Waals surface area contributed by atoms with E-state index in [0.29, 0.717) is 0 Å². The molecule has 0 saturated heterocycles. The predicted molar refractivity (Wildman–Crippen MR) is 82.4 cm³/mol. The molecule has 0 aliphatic carbocycles. The molecule has 108 valence electrons. The van der Waals surface area contributed by atoms with Crippen LogP contribution < -0.4 is 10.1 Å². The smallest absolute Gasteiger partial charge is 0.142 e.